The third kappa shape index (κ3) is 2.90. The molecule has 5 rings (SSSR count). The number of piperidine rings is 3. The van der Waals surface area contributed by atoms with E-state index < -0.39 is 6.10 Å². The Morgan fingerprint density at radius 2 is 2.12 bits per heavy atom. The van der Waals surface area contributed by atoms with Gasteiger partial charge >= 0.3 is 0 Å². The lowest BCUT2D eigenvalue weighted by Gasteiger charge is -2.52. The van der Waals surface area contributed by atoms with Gasteiger partial charge in [0, 0.05) is 30.1 Å². The van der Waals surface area contributed by atoms with E-state index in [1.165, 1.54) is 0 Å². The molecule has 0 radical (unpaired) electrons. The van der Waals surface area contributed by atoms with Crippen LogP contribution in [0.25, 0.3) is 10.9 Å². The Hall–Kier alpha value is -1.69. The average molecular weight is 342 g/mol. The molecule has 0 saturated carbocycles. The molecule has 3 saturated heterocycles. The number of aliphatic hydroxyl groups excluding tert-OH is 2. The van der Waals surface area contributed by atoms with Crippen molar-refractivity contribution in [1.82, 2.24) is 9.88 Å². The van der Waals surface area contributed by atoms with Gasteiger partial charge in [0.2, 0.25) is 0 Å². The lowest BCUT2D eigenvalue weighted by molar-refractivity contribution is -0.0844. The minimum Gasteiger partial charge on any atom is -0.497 e. The van der Waals surface area contributed by atoms with Crippen LogP contribution < -0.4 is 4.74 Å². The second-order valence-corrected chi connectivity index (χ2v) is 7.48. The lowest BCUT2D eigenvalue weighted by Crippen LogP contribution is -2.57. The maximum absolute atomic E-state index is 11.2. The minimum atomic E-state index is -0.560. The van der Waals surface area contributed by atoms with Crippen LogP contribution in [0.15, 0.2) is 30.5 Å². The highest BCUT2D eigenvalue weighted by Crippen LogP contribution is 2.42. The highest BCUT2D eigenvalue weighted by molar-refractivity contribution is 5.83. The first-order valence-corrected chi connectivity index (χ1v) is 9.11. The van der Waals surface area contributed by atoms with Crippen molar-refractivity contribution in [2.75, 3.05) is 20.2 Å². The molecule has 2 N–H and O–H groups in total. The predicted molar refractivity (Wildman–Crippen MR) is 96.5 cm³/mol. The first-order valence-electron chi connectivity index (χ1n) is 9.11. The summed E-state index contributed by atoms with van der Waals surface area (Å²) in [6.07, 6.45) is 2.98. The number of methoxy groups -OCH3 is 1. The molecule has 4 heterocycles. The van der Waals surface area contributed by atoms with E-state index >= 15 is 0 Å². The van der Waals surface area contributed by atoms with Gasteiger partial charge in [0.15, 0.2) is 0 Å². The molecule has 2 unspecified atom stereocenters. The minimum absolute atomic E-state index is 0.102. The summed E-state index contributed by atoms with van der Waals surface area (Å²) in [5.41, 5.74) is 1.78. The van der Waals surface area contributed by atoms with Gasteiger partial charge in [-0.3, -0.25) is 9.88 Å². The molecule has 3 aliphatic heterocycles. The zero-order valence-corrected chi connectivity index (χ0v) is 14.8. The van der Waals surface area contributed by atoms with Gasteiger partial charge in [-0.25, -0.2) is 0 Å². The average Bonchev–Trinajstić information content (AvgIpc) is 2.66. The summed E-state index contributed by atoms with van der Waals surface area (Å²) in [6, 6.07) is 7.80. The summed E-state index contributed by atoms with van der Waals surface area (Å²) < 4.78 is 5.34. The lowest BCUT2D eigenvalue weighted by atomic mass is 9.72. The van der Waals surface area contributed by atoms with Crippen LogP contribution in [-0.4, -0.2) is 52.4 Å². The molecule has 5 heteroatoms. The van der Waals surface area contributed by atoms with Crippen LogP contribution in [0.4, 0.5) is 0 Å². The Balaban J connectivity index is 1.66. The quantitative estimate of drug-likeness (QED) is 0.893. The maximum Gasteiger partial charge on any atom is 0.119 e. The monoisotopic (exact) mass is 342 g/mol. The standard InChI is InChI=1S/C20H26N2O3/c1-12(23)17-11-22-8-6-13(17)9-19(22)20(24)15-5-7-21-18-4-3-14(25-2)10-16(15)18/h3-5,7,10,12-13,17,19-20,23-24H,6,8-9,11H2,1-2H3/t12?,13-,17+,19-,20+/m0/s1. The molecule has 2 aromatic rings. The van der Waals surface area contributed by atoms with Gasteiger partial charge in [0.05, 0.1) is 24.8 Å². The Bertz CT molecular complexity index is 764. The highest BCUT2D eigenvalue weighted by Gasteiger charge is 2.44. The highest BCUT2D eigenvalue weighted by atomic mass is 16.5. The molecule has 1 aromatic heterocycles. The van der Waals surface area contributed by atoms with Gasteiger partial charge in [-0.05, 0) is 62.1 Å². The van der Waals surface area contributed by atoms with Gasteiger partial charge < -0.3 is 14.9 Å². The number of ether oxygens (including phenoxy) is 1. The first kappa shape index (κ1) is 16.8. The molecular formula is C20H26N2O3. The van der Waals surface area contributed by atoms with Crippen LogP contribution in [0.3, 0.4) is 0 Å². The van der Waals surface area contributed by atoms with E-state index in [2.05, 4.69) is 9.88 Å². The van der Waals surface area contributed by atoms with Gasteiger partial charge in [-0.15, -0.1) is 0 Å². The van der Waals surface area contributed by atoms with Crippen molar-refractivity contribution in [1.29, 1.82) is 0 Å². The summed E-state index contributed by atoms with van der Waals surface area (Å²) in [5, 5.41) is 22.2. The number of benzene rings is 1. The van der Waals surface area contributed by atoms with E-state index in [9.17, 15) is 10.2 Å². The van der Waals surface area contributed by atoms with Crippen molar-refractivity contribution in [3.8, 4) is 5.75 Å². The summed E-state index contributed by atoms with van der Waals surface area (Å²) in [4.78, 5) is 6.77. The van der Waals surface area contributed by atoms with Crippen LogP contribution in [-0.2, 0) is 0 Å². The fraction of sp³-hybridized carbons (Fsp3) is 0.550. The van der Waals surface area contributed by atoms with E-state index in [-0.39, 0.29) is 12.1 Å². The topological polar surface area (TPSA) is 65.8 Å². The van der Waals surface area contributed by atoms with Crippen LogP contribution in [0, 0.1) is 11.8 Å². The Morgan fingerprint density at radius 3 is 2.80 bits per heavy atom. The number of aliphatic hydroxyl groups is 2. The predicted octanol–water partition coefficient (Wildman–Crippen LogP) is 2.37. The van der Waals surface area contributed by atoms with Crippen molar-refractivity contribution in [3.63, 3.8) is 0 Å². The molecule has 134 valence electrons. The molecule has 0 aliphatic carbocycles. The summed E-state index contributed by atoms with van der Waals surface area (Å²) in [6.45, 7) is 3.76. The van der Waals surface area contributed by atoms with Gasteiger partial charge in [0.25, 0.3) is 0 Å². The van der Waals surface area contributed by atoms with E-state index in [1.54, 1.807) is 13.3 Å². The molecule has 3 aliphatic rings. The molecule has 0 amide bonds. The van der Waals surface area contributed by atoms with E-state index in [4.69, 9.17) is 4.74 Å². The molecular weight excluding hydrogens is 316 g/mol. The van der Waals surface area contributed by atoms with Crippen molar-refractivity contribution in [2.24, 2.45) is 11.8 Å². The SMILES string of the molecule is COc1ccc2nccc([C@@H](O)[C@@H]3C[C@@H]4CCN3C[C@@H]4C(C)O)c2c1. The van der Waals surface area contributed by atoms with Crippen molar-refractivity contribution in [3.05, 3.63) is 36.0 Å². The molecule has 6 atom stereocenters. The fourth-order valence-electron chi connectivity index (χ4n) is 4.72. The second kappa shape index (κ2) is 6.56. The summed E-state index contributed by atoms with van der Waals surface area (Å²) in [7, 11) is 1.65. The van der Waals surface area contributed by atoms with Crippen molar-refractivity contribution in [2.45, 2.75) is 38.0 Å². The van der Waals surface area contributed by atoms with Crippen LogP contribution in [0.2, 0.25) is 0 Å². The third-order valence-corrected chi connectivity index (χ3v) is 6.14. The summed E-state index contributed by atoms with van der Waals surface area (Å²) >= 11 is 0. The molecule has 3 fully saturated rings. The molecule has 5 nitrogen and oxygen atoms in total. The maximum atomic E-state index is 11.2. The molecule has 25 heavy (non-hydrogen) atoms. The number of hydrogen-bond donors (Lipinski definition) is 2. The zero-order chi connectivity index (χ0) is 17.6. The van der Waals surface area contributed by atoms with Gasteiger partial charge in [-0.1, -0.05) is 0 Å². The van der Waals surface area contributed by atoms with Gasteiger partial charge in [0.1, 0.15) is 5.75 Å². The smallest absolute Gasteiger partial charge is 0.119 e. The molecule has 2 bridgehead atoms. The van der Waals surface area contributed by atoms with Crippen molar-refractivity contribution < 1.29 is 14.9 Å². The van der Waals surface area contributed by atoms with Crippen LogP contribution in [0.1, 0.15) is 31.4 Å². The number of nitrogens with zero attached hydrogens (tertiary/aromatic N) is 2. The van der Waals surface area contributed by atoms with E-state index in [1.807, 2.05) is 31.2 Å². The largest absolute Gasteiger partial charge is 0.497 e. The van der Waals surface area contributed by atoms with Crippen molar-refractivity contribution >= 4 is 10.9 Å². The third-order valence-electron chi connectivity index (χ3n) is 6.14. The molecule has 0 spiro atoms. The number of fused-ring (bicyclic) bond motifs is 4. The summed E-state index contributed by atoms with van der Waals surface area (Å²) in [5.74, 6) is 1.59. The number of aromatic nitrogens is 1. The Morgan fingerprint density at radius 1 is 1.28 bits per heavy atom. The fourth-order valence-corrected chi connectivity index (χ4v) is 4.72. The second-order valence-electron chi connectivity index (χ2n) is 7.48. The zero-order valence-electron chi connectivity index (χ0n) is 14.8. The number of rotatable bonds is 4. The Labute approximate surface area is 148 Å². The Kier molecular flexibility index (Phi) is 4.40. The van der Waals surface area contributed by atoms with Crippen LogP contribution >= 0.6 is 0 Å². The number of hydrogen-bond acceptors (Lipinski definition) is 5. The number of pyridine rings is 1. The van der Waals surface area contributed by atoms with E-state index in [0.717, 1.165) is 48.1 Å². The normalized spacial score (nSPS) is 31.0. The van der Waals surface area contributed by atoms with Crippen LogP contribution in [0.5, 0.6) is 5.75 Å². The van der Waals surface area contributed by atoms with E-state index in [0.29, 0.717) is 11.8 Å². The van der Waals surface area contributed by atoms with Gasteiger partial charge in [-0.2, -0.15) is 0 Å². The first-order chi connectivity index (χ1) is 12.1. The molecule has 1 aromatic carbocycles.